The first-order chi connectivity index (χ1) is 27.8. The third kappa shape index (κ3) is 43.9. The SMILES string of the molecule is CC/C=C\C/C=C\C/C=C\C/C=C\C/C=C\C/C=C\C/C=C\CCCC(=O)OCC(O)COP(=O)(O)OCCNC(=O)CCCCCCC/C=C\CCCCCC. The highest BCUT2D eigenvalue weighted by atomic mass is 31.2. The molecule has 0 saturated carbocycles. The fraction of sp³-hybridized carbons (Fsp3) is 0.617. The van der Waals surface area contributed by atoms with Gasteiger partial charge in [-0.1, -0.05) is 150 Å². The van der Waals surface area contributed by atoms with Crippen molar-refractivity contribution < 1.29 is 37.9 Å². The van der Waals surface area contributed by atoms with Crippen molar-refractivity contribution in [1.29, 1.82) is 0 Å². The second kappa shape index (κ2) is 42.5. The van der Waals surface area contributed by atoms with Crippen LogP contribution in [-0.4, -0.2) is 54.3 Å². The van der Waals surface area contributed by atoms with Gasteiger partial charge in [-0.05, 0) is 89.9 Å². The molecule has 1 amide bonds. The molecule has 0 fully saturated rings. The molecule has 324 valence electrons. The largest absolute Gasteiger partial charge is 0.472 e. The Balaban J connectivity index is 3.75. The number of phosphoric ester groups is 1. The fourth-order valence-corrected chi connectivity index (χ4v) is 6.00. The van der Waals surface area contributed by atoms with Crippen molar-refractivity contribution in [3.05, 3.63) is 97.2 Å². The van der Waals surface area contributed by atoms with Gasteiger partial charge in [-0.3, -0.25) is 18.6 Å². The second-order valence-electron chi connectivity index (χ2n) is 13.9. The monoisotopic (exact) mass is 816 g/mol. The number of aliphatic hydroxyl groups excluding tert-OH is 1. The van der Waals surface area contributed by atoms with Gasteiger partial charge in [0.05, 0.1) is 13.2 Å². The van der Waals surface area contributed by atoms with Crippen molar-refractivity contribution in [3.8, 4) is 0 Å². The number of phosphoric acid groups is 1. The molecule has 0 aromatic heterocycles. The van der Waals surface area contributed by atoms with E-state index in [0.717, 1.165) is 83.5 Å². The van der Waals surface area contributed by atoms with Crippen LogP contribution in [0.1, 0.15) is 155 Å². The lowest BCUT2D eigenvalue weighted by molar-refractivity contribution is -0.147. The zero-order chi connectivity index (χ0) is 41.8. The zero-order valence-corrected chi connectivity index (χ0v) is 36.4. The molecule has 0 aromatic rings. The molecule has 0 aromatic carbocycles. The van der Waals surface area contributed by atoms with Crippen LogP contribution in [0.5, 0.6) is 0 Å². The smallest absolute Gasteiger partial charge is 0.463 e. The summed E-state index contributed by atoms with van der Waals surface area (Å²) >= 11 is 0. The van der Waals surface area contributed by atoms with Gasteiger partial charge in [-0.2, -0.15) is 0 Å². The van der Waals surface area contributed by atoms with E-state index < -0.39 is 26.5 Å². The van der Waals surface area contributed by atoms with E-state index >= 15 is 0 Å². The first-order valence-electron chi connectivity index (χ1n) is 21.7. The molecule has 0 radical (unpaired) electrons. The molecular weight excluding hydrogens is 737 g/mol. The quantitative estimate of drug-likeness (QED) is 0.0242. The predicted molar refractivity (Wildman–Crippen MR) is 238 cm³/mol. The highest BCUT2D eigenvalue weighted by Gasteiger charge is 2.23. The van der Waals surface area contributed by atoms with E-state index in [1.54, 1.807) is 0 Å². The maximum absolute atomic E-state index is 12.1. The van der Waals surface area contributed by atoms with Crippen LogP contribution in [-0.2, 0) is 27.9 Å². The highest BCUT2D eigenvalue weighted by Crippen LogP contribution is 2.42. The minimum absolute atomic E-state index is 0.0649. The summed E-state index contributed by atoms with van der Waals surface area (Å²) in [6.45, 7) is 3.32. The third-order valence-electron chi connectivity index (χ3n) is 8.50. The summed E-state index contributed by atoms with van der Waals surface area (Å²) in [5.74, 6) is -0.595. The first kappa shape index (κ1) is 53.9. The van der Waals surface area contributed by atoms with Crippen LogP contribution in [0.2, 0.25) is 0 Å². The number of ether oxygens (including phenoxy) is 1. The lowest BCUT2D eigenvalue weighted by Gasteiger charge is -2.15. The fourth-order valence-electron chi connectivity index (χ4n) is 5.24. The Hall–Kier alpha value is -3.07. The average Bonchev–Trinajstić information content (AvgIpc) is 3.20. The summed E-state index contributed by atoms with van der Waals surface area (Å²) < 4.78 is 26.8. The summed E-state index contributed by atoms with van der Waals surface area (Å²) in [6.07, 6.45) is 54.9. The molecule has 0 heterocycles. The molecule has 0 rings (SSSR count). The van der Waals surface area contributed by atoms with Gasteiger partial charge < -0.3 is 20.1 Å². The normalized spacial score (nSPS) is 14.2. The lowest BCUT2D eigenvalue weighted by atomic mass is 10.1. The standard InChI is InChI=1S/C47H78NO8P/c1-3-5-7-9-11-13-15-17-18-19-20-21-22-23-24-25-26-28-30-32-34-36-38-40-47(51)54-43-45(49)44-56-57(52,53)55-42-41-48-46(50)39-37-35-33-31-29-27-16-14-12-10-8-6-4-2/h5,7,11,13-14,16-18,20-21,23-24,26,28,32,34,45,49H,3-4,6,8-10,12,15,19,22,25,27,29-31,33,35-44H2,1-2H3,(H,48,50)(H,52,53)/b7-5-,13-11-,16-14-,18-17-,21-20-,24-23-,28-26-,34-32-. The summed E-state index contributed by atoms with van der Waals surface area (Å²) in [5, 5.41) is 12.7. The molecule has 10 heteroatoms. The first-order valence-corrected chi connectivity index (χ1v) is 23.2. The molecule has 9 nitrogen and oxygen atoms in total. The second-order valence-corrected chi connectivity index (χ2v) is 15.4. The minimum atomic E-state index is -4.44. The summed E-state index contributed by atoms with van der Waals surface area (Å²) in [6, 6.07) is 0. The Morgan fingerprint density at radius 1 is 0.561 bits per heavy atom. The molecule has 57 heavy (non-hydrogen) atoms. The number of carbonyl (C=O) groups is 2. The lowest BCUT2D eigenvalue weighted by Crippen LogP contribution is -2.27. The predicted octanol–water partition coefficient (Wildman–Crippen LogP) is 12.2. The van der Waals surface area contributed by atoms with Crippen LogP contribution in [0.4, 0.5) is 0 Å². The molecule has 0 aliphatic rings. The molecule has 0 aliphatic carbocycles. The van der Waals surface area contributed by atoms with Gasteiger partial charge in [0.2, 0.25) is 5.91 Å². The van der Waals surface area contributed by atoms with Crippen molar-refractivity contribution in [2.75, 3.05) is 26.4 Å². The Kier molecular flexibility index (Phi) is 40.2. The summed E-state index contributed by atoms with van der Waals surface area (Å²) in [4.78, 5) is 33.9. The van der Waals surface area contributed by atoms with Gasteiger partial charge in [0, 0.05) is 19.4 Å². The van der Waals surface area contributed by atoms with E-state index in [2.05, 4.69) is 110 Å². The number of hydrogen-bond acceptors (Lipinski definition) is 7. The number of hydrogen-bond donors (Lipinski definition) is 3. The number of amides is 1. The Morgan fingerprint density at radius 3 is 1.56 bits per heavy atom. The van der Waals surface area contributed by atoms with E-state index in [1.165, 1.54) is 38.5 Å². The molecule has 2 unspecified atom stereocenters. The van der Waals surface area contributed by atoms with Crippen LogP contribution in [0, 0.1) is 0 Å². The maximum Gasteiger partial charge on any atom is 0.472 e. The number of carbonyl (C=O) groups excluding carboxylic acids is 2. The van der Waals surface area contributed by atoms with Crippen LogP contribution < -0.4 is 5.32 Å². The number of rotatable bonds is 39. The van der Waals surface area contributed by atoms with E-state index in [4.69, 9.17) is 13.8 Å². The Bertz CT molecular complexity index is 1250. The summed E-state index contributed by atoms with van der Waals surface area (Å²) in [5.41, 5.74) is 0. The molecule has 0 aliphatic heterocycles. The molecule has 2 atom stereocenters. The van der Waals surface area contributed by atoms with Gasteiger partial charge in [-0.25, -0.2) is 4.57 Å². The van der Waals surface area contributed by atoms with E-state index in [9.17, 15) is 24.2 Å². The van der Waals surface area contributed by atoms with Gasteiger partial charge >= 0.3 is 13.8 Å². The Morgan fingerprint density at radius 2 is 1.02 bits per heavy atom. The van der Waals surface area contributed by atoms with E-state index in [1.807, 2.05) is 6.08 Å². The van der Waals surface area contributed by atoms with E-state index in [-0.39, 0.29) is 32.1 Å². The molecule has 3 N–H and O–H groups in total. The highest BCUT2D eigenvalue weighted by molar-refractivity contribution is 7.47. The van der Waals surface area contributed by atoms with Crippen LogP contribution >= 0.6 is 7.82 Å². The van der Waals surface area contributed by atoms with Crippen molar-refractivity contribution in [2.24, 2.45) is 0 Å². The van der Waals surface area contributed by atoms with Crippen molar-refractivity contribution in [3.63, 3.8) is 0 Å². The van der Waals surface area contributed by atoms with Gasteiger partial charge in [0.25, 0.3) is 0 Å². The Labute approximate surface area is 346 Å². The number of aliphatic hydroxyl groups is 1. The number of unbranched alkanes of at least 4 members (excludes halogenated alkanes) is 10. The number of esters is 1. The molecule has 0 saturated heterocycles. The minimum Gasteiger partial charge on any atom is -0.463 e. The van der Waals surface area contributed by atoms with Crippen molar-refractivity contribution >= 4 is 19.7 Å². The molecular formula is C47H78NO8P. The number of nitrogens with one attached hydrogen (secondary N) is 1. The molecule has 0 spiro atoms. The molecule has 0 bridgehead atoms. The van der Waals surface area contributed by atoms with Crippen molar-refractivity contribution in [1.82, 2.24) is 5.32 Å². The van der Waals surface area contributed by atoms with E-state index in [0.29, 0.717) is 12.8 Å². The zero-order valence-electron chi connectivity index (χ0n) is 35.5. The van der Waals surface area contributed by atoms with Crippen molar-refractivity contribution in [2.45, 2.75) is 161 Å². The van der Waals surface area contributed by atoms with Crippen LogP contribution in [0.25, 0.3) is 0 Å². The van der Waals surface area contributed by atoms with Gasteiger partial charge in [0.15, 0.2) is 0 Å². The van der Waals surface area contributed by atoms with Gasteiger partial charge in [-0.15, -0.1) is 0 Å². The number of allylic oxidation sites excluding steroid dienone is 16. The van der Waals surface area contributed by atoms with Crippen LogP contribution in [0.15, 0.2) is 97.2 Å². The summed E-state index contributed by atoms with van der Waals surface area (Å²) in [7, 11) is -4.44. The van der Waals surface area contributed by atoms with Crippen LogP contribution in [0.3, 0.4) is 0 Å². The average molecular weight is 816 g/mol. The maximum atomic E-state index is 12.1. The van der Waals surface area contributed by atoms with Gasteiger partial charge in [0.1, 0.15) is 12.7 Å². The third-order valence-corrected chi connectivity index (χ3v) is 9.48. The topological polar surface area (TPSA) is 131 Å².